The van der Waals surface area contributed by atoms with Gasteiger partial charge in [-0.2, -0.15) is 0 Å². The zero-order valence-electron chi connectivity index (χ0n) is 15.6. The number of anilines is 1. The molecule has 0 bridgehead atoms. The maximum Gasteiger partial charge on any atom is 0.284 e. The van der Waals surface area contributed by atoms with Gasteiger partial charge in [0, 0.05) is 21.6 Å². The normalized spacial score (nSPS) is 15.0. The summed E-state index contributed by atoms with van der Waals surface area (Å²) in [6, 6.07) is 13.1. The smallest absolute Gasteiger partial charge is 0.284 e. The highest BCUT2D eigenvalue weighted by molar-refractivity contribution is 9.10. The van der Waals surface area contributed by atoms with E-state index in [1.165, 1.54) is 16.2 Å². The lowest BCUT2D eigenvalue weighted by Crippen LogP contribution is -2.32. The fourth-order valence-electron chi connectivity index (χ4n) is 2.94. The van der Waals surface area contributed by atoms with Gasteiger partial charge >= 0.3 is 0 Å². The monoisotopic (exact) mass is 469 g/mol. The molecule has 8 heteroatoms. The topological polar surface area (TPSA) is 64.0 Å². The van der Waals surface area contributed by atoms with Gasteiger partial charge in [0.1, 0.15) is 5.70 Å². The predicted octanol–water partition coefficient (Wildman–Crippen LogP) is 4.76. The minimum atomic E-state index is -0.236. The average molecular weight is 470 g/mol. The quantitative estimate of drug-likeness (QED) is 0.505. The maximum absolute atomic E-state index is 13.2. The van der Waals surface area contributed by atoms with Gasteiger partial charge in [-0.15, -0.1) is 11.3 Å². The van der Waals surface area contributed by atoms with E-state index in [0.717, 1.165) is 15.6 Å². The van der Waals surface area contributed by atoms with Crippen LogP contribution >= 0.6 is 27.3 Å². The first kappa shape index (κ1) is 19.4. The molecule has 4 rings (SSSR count). The first-order chi connectivity index (χ1) is 14.1. The van der Waals surface area contributed by atoms with Crippen molar-refractivity contribution in [2.75, 3.05) is 19.1 Å². The molecule has 146 valence electrons. The van der Waals surface area contributed by atoms with Crippen LogP contribution in [0.2, 0.25) is 0 Å². The SMILES string of the molecule is COc1ccc(/C=C2\N=C(c3ccccc3Br)N(c3nccs3)C2=O)cc1OC. The standard InChI is InChI=1S/C21H16BrN3O3S/c1-27-17-8-7-13(12-18(17)28-2)11-16-20(26)25(21-23-9-10-29-21)19(24-16)14-5-3-4-6-15(14)22/h3-12H,1-2H3/b16-11-. The molecule has 29 heavy (non-hydrogen) atoms. The molecular formula is C21H16BrN3O3S. The Morgan fingerprint density at radius 2 is 1.90 bits per heavy atom. The predicted molar refractivity (Wildman–Crippen MR) is 118 cm³/mol. The Labute approximate surface area is 180 Å². The van der Waals surface area contributed by atoms with Crippen LogP contribution in [0.5, 0.6) is 11.5 Å². The summed E-state index contributed by atoms with van der Waals surface area (Å²) >= 11 is 4.93. The van der Waals surface area contributed by atoms with Gasteiger partial charge < -0.3 is 9.47 Å². The molecule has 1 aromatic heterocycles. The van der Waals surface area contributed by atoms with Gasteiger partial charge in [-0.25, -0.2) is 14.9 Å². The lowest BCUT2D eigenvalue weighted by Gasteiger charge is -2.15. The summed E-state index contributed by atoms with van der Waals surface area (Å²) in [5.74, 6) is 1.50. The van der Waals surface area contributed by atoms with Crippen LogP contribution in [0.1, 0.15) is 11.1 Å². The summed E-state index contributed by atoms with van der Waals surface area (Å²) in [5.41, 5.74) is 1.91. The molecule has 0 spiro atoms. The van der Waals surface area contributed by atoms with Crippen molar-refractivity contribution in [3.05, 3.63) is 75.3 Å². The Bertz CT molecular complexity index is 1130. The van der Waals surface area contributed by atoms with E-state index >= 15 is 0 Å². The molecule has 0 unspecified atom stereocenters. The molecule has 0 atom stereocenters. The van der Waals surface area contributed by atoms with Crippen molar-refractivity contribution in [1.29, 1.82) is 0 Å². The number of carbonyl (C=O) groups excluding carboxylic acids is 1. The molecule has 1 aliphatic heterocycles. The summed E-state index contributed by atoms with van der Waals surface area (Å²) in [6.07, 6.45) is 3.40. The van der Waals surface area contributed by atoms with E-state index in [0.29, 0.717) is 28.2 Å². The average Bonchev–Trinajstić information content (AvgIpc) is 3.36. The number of hydrogen-bond acceptors (Lipinski definition) is 6. The maximum atomic E-state index is 13.2. The van der Waals surface area contributed by atoms with Crippen molar-refractivity contribution in [2.24, 2.45) is 4.99 Å². The Hall–Kier alpha value is -2.97. The number of halogens is 1. The number of aromatic nitrogens is 1. The molecule has 0 saturated carbocycles. The van der Waals surface area contributed by atoms with Crippen molar-refractivity contribution < 1.29 is 14.3 Å². The van der Waals surface area contributed by atoms with Crippen LogP contribution in [0.15, 0.2) is 69.2 Å². The first-order valence-corrected chi connectivity index (χ1v) is 10.3. The van der Waals surface area contributed by atoms with Crippen LogP contribution in [-0.2, 0) is 4.79 Å². The molecular weight excluding hydrogens is 454 g/mol. The lowest BCUT2D eigenvalue weighted by atomic mass is 10.1. The third-order valence-corrected chi connectivity index (χ3v) is 5.74. The molecule has 0 N–H and O–H groups in total. The highest BCUT2D eigenvalue weighted by Crippen LogP contribution is 2.33. The fourth-order valence-corrected chi connectivity index (χ4v) is 4.05. The Morgan fingerprint density at radius 1 is 1.10 bits per heavy atom. The molecule has 6 nitrogen and oxygen atoms in total. The summed E-state index contributed by atoms with van der Waals surface area (Å²) in [5, 5.41) is 2.40. The highest BCUT2D eigenvalue weighted by atomic mass is 79.9. The number of methoxy groups -OCH3 is 2. The molecule has 0 radical (unpaired) electrons. The van der Waals surface area contributed by atoms with Crippen molar-refractivity contribution >= 4 is 50.2 Å². The van der Waals surface area contributed by atoms with Crippen LogP contribution in [0.4, 0.5) is 5.13 Å². The Morgan fingerprint density at radius 3 is 2.59 bits per heavy atom. The zero-order chi connectivity index (χ0) is 20.4. The van der Waals surface area contributed by atoms with Crippen molar-refractivity contribution in [3.63, 3.8) is 0 Å². The molecule has 1 aliphatic rings. The van der Waals surface area contributed by atoms with E-state index in [4.69, 9.17) is 9.47 Å². The summed E-state index contributed by atoms with van der Waals surface area (Å²) < 4.78 is 11.5. The van der Waals surface area contributed by atoms with Crippen LogP contribution in [0.25, 0.3) is 6.08 Å². The molecule has 0 saturated heterocycles. The number of amides is 1. The number of benzene rings is 2. The first-order valence-electron chi connectivity index (χ1n) is 8.63. The second kappa shape index (κ2) is 8.18. The summed E-state index contributed by atoms with van der Waals surface area (Å²) in [4.78, 5) is 23.7. The van der Waals surface area contributed by atoms with E-state index in [-0.39, 0.29) is 5.91 Å². The van der Waals surface area contributed by atoms with Crippen molar-refractivity contribution in [2.45, 2.75) is 0 Å². The minimum absolute atomic E-state index is 0.236. The van der Waals surface area contributed by atoms with Gasteiger partial charge in [-0.1, -0.05) is 40.2 Å². The lowest BCUT2D eigenvalue weighted by molar-refractivity contribution is -0.113. The number of hydrogen-bond donors (Lipinski definition) is 0. The van der Waals surface area contributed by atoms with Crippen LogP contribution < -0.4 is 14.4 Å². The van der Waals surface area contributed by atoms with Crippen molar-refractivity contribution in [3.8, 4) is 11.5 Å². The van der Waals surface area contributed by atoms with Gasteiger partial charge in [0.15, 0.2) is 22.5 Å². The largest absolute Gasteiger partial charge is 0.493 e. The molecule has 0 fully saturated rings. The summed E-state index contributed by atoms with van der Waals surface area (Å²) in [7, 11) is 3.15. The molecule has 2 aromatic carbocycles. The van der Waals surface area contributed by atoms with E-state index < -0.39 is 0 Å². The zero-order valence-corrected chi connectivity index (χ0v) is 18.0. The van der Waals surface area contributed by atoms with Crippen LogP contribution in [0.3, 0.4) is 0 Å². The third kappa shape index (κ3) is 3.68. The van der Waals surface area contributed by atoms with Crippen molar-refractivity contribution in [1.82, 2.24) is 4.98 Å². The second-order valence-electron chi connectivity index (χ2n) is 6.01. The van der Waals surface area contributed by atoms with E-state index in [1.54, 1.807) is 38.6 Å². The van der Waals surface area contributed by atoms with E-state index in [1.807, 2.05) is 35.7 Å². The number of nitrogens with zero attached hydrogens (tertiary/aromatic N) is 3. The highest BCUT2D eigenvalue weighted by Gasteiger charge is 2.34. The molecule has 3 aromatic rings. The van der Waals surface area contributed by atoms with Gasteiger partial charge in [0.25, 0.3) is 5.91 Å². The fraction of sp³-hybridized carbons (Fsp3) is 0.0952. The molecule has 2 heterocycles. The van der Waals surface area contributed by atoms with Gasteiger partial charge in [0.2, 0.25) is 0 Å². The number of aliphatic imine (C=N–C) groups is 1. The molecule has 0 aliphatic carbocycles. The number of thiazole rings is 1. The number of carbonyl (C=O) groups is 1. The van der Waals surface area contributed by atoms with Gasteiger partial charge in [-0.05, 0) is 29.8 Å². The van der Waals surface area contributed by atoms with Gasteiger partial charge in [0.05, 0.1) is 14.2 Å². The third-order valence-electron chi connectivity index (χ3n) is 4.30. The minimum Gasteiger partial charge on any atom is -0.493 e. The number of amidine groups is 1. The van der Waals surface area contributed by atoms with Crippen LogP contribution in [-0.4, -0.2) is 30.9 Å². The summed E-state index contributed by atoms with van der Waals surface area (Å²) in [6.45, 7) is 0. The molecule has 1 amide bonds. The number of rotatable bonds is 5. The Kier molecular flexibility index (Phi) is 5.46. The van der Waals surface area contributed by atoms with E-state index in [2.05, 4.69) is 25.9 Å². The van der Waals surface area contributed by atoms with E-state index in [9.17, 15) is 4.79 Å². The second-order valence-corrected chi connectivity index (χ2v) is 7.74. The van der Waals surface area contributed by atoms with Crippen LogP contribution in [0, 0.1) is 0 Å². The van der Waals surface area contributed by atoms with Gasteiger partial charge in [-0.3, -0.25) is 4.79 Å². The Balaban J connectivity index is 1.81. The number of ether oxygens (including phenoxy) is 2.